The number of nitrogens with zero attached hydrogens (tertiary/aromatic N) is 1. The van der Waals surface area contributed by atoms with Gasteiger partial charge in [-0.15, -0.1) is 0 Å². The maximum Gasteiger partial charge on any atom is 0.410 e. The molecule has 8 heteroatoms. The number of hydrogen-bond acceptors (Lipinski definition) is 7. The predicted octanol–water partition coefficient (Wildman–Crippen LogP) is 1.56. The molecule has 0 spiro atoms. The molecular formula is C18H23NO7. The Morgan fingerprint density at radius 2 is 1.65 bits per heavy atom. The quantitative estimate of drug-likeness (QED) is 0.791. The van der Waals surface area contributed by atoms with Crippen LogP contribution in [0.15, 0.2) is 24.3 Å². The molecule has 0 saturated carbocycles. The second-order valence-electron chi connectivity index (χ2n) is 6.15. The SMILES string of the molecule is CCN(CC)C(=O)O[C@H]1CO[C@H]2[C@@H]1OC[C@H]2OC(=O)c1ccccc1O. The Balaban J connectivity index is 1.59. The maximum absolute atomic E-state index is 12.3. The van der Waals surface area contributed by atoms with Crippen LogP contribution in [0.4, 0.5) is 4.79 Å². The maximum atomic E-state index is 12.3. The molecule has 0 radical (unpaired) electrons. The highest BCUT2D eigenvalue weighted by atomic mass is 16.7. The summed E-state index contributed by atoms with van der Waals surface area (Å²) in [6.07, 6.45) is -2.55. The summed E-state index contributed by atoms with van der Waals surface area (Å²) in [5, 5.41) is 9.76. The molecule has 142 valence electrons. The van der Waals surface area contributed by atoms with Gasteiger partial charge in [-0.3, -0.25) is 0 Å². The number of carbonyl (C=O) groups is 2. The molecule has 8 nitrogen and oxygen atoms in total. The lowest BCUT2D eigenvalue weighted by Crippen LogP contribution is -2.39. The van der Waals surface area contributed by atoms with Crippen molar-refractivity contribution in [1.29, 1.82) is 0 Å². The number of esters is 1. The van der Waals surface area contributed by atoms with Gasteiger partial charge in [0.15, 0.2) is 12.2 Å². The number of phenolic OH excluding ortho intramolecular Hbond substituents is 1. The normalized spacial score (nSPS) is 27.0. The molecule has 3 rings (SSSR count). The summed E-state index contributed by atoms with van der Waals surface area (Å²) < 4.78 is 22.2. The van der Waals surface area contributed by atoms with Gasteiger partial charge in [0.25, 0.3) is 0 Å². The first-order valence-corrected chi connectivity index (χ1v) is 8.72. The second kappa shape index (κ2) is 7.92. The lowest BCUT2D eigenvalue weighted by atomic mass is 10.1. The third-order valence-corrected chi connectivity index (χ3v) is 4.62. The van der Waals surface area contributed by atoms with Gasteiger partial charge >= 0.3 is 12.1 Å². The zero-order valence-electron chi connectivity index (χ0n) is 14.8. The number of carbonyl (C=O) groups excluding carboxylic acids is 2. The van der Waals surface area contributed by atoms with Gasteiger partial charge in [-0.2, -0.15) is 0 Å². The van der Waals surface area contributed by atoms with Gasteiger partial charge in [0, 0.05) is 13.1 Å². The summed E-state index contributed by atoms with van der Waals surface area (Å²) >= 11 is 0. The molecule has 1 N–H and O–H groups in total. The molecule has 1 amide bonds. The van der Waals surface area contributed by atoms with Gasteiger partial charge < -0.3 is 29.0 Å². The van der Waals surface area contributed by atoms with Crippen LogP contribution in [-0.2, 0) is 18.9 Å². The van der Waals surface area contributed by atoms with Crippen LogP contribution in [0.1, 0.15) is 24.2 Å². The number of aromatic hydroxyl groups is 1. The van der Waals surface area contributed by atoms with Crippen LogP contribution in [0, 0.1) is 0 Å². The molecule has 2 aliphatic heterocycles. The van der Waals surface area contributed by atoms with Crippen LogP contribution in [0.5, 0.6) is 5.75 Å². The summed E-state index contributed by atoms with van der Waals surface area (Å²) in [5.41, 5.74) is 0.0819. The van der Waals surface area contributed by atoms with E-state index in [0.29, 0.717) is 13.1 Å². The van der Waals surface area contributed by atoms with Gasteiger partial charge in [-0.25, -0.2) is 9.59 Å². The zero-order chi connectivity index (χ0) is 18.7. The molecule has 26 heavy (non-hydrogen) atoms. The van der Waals surface area contributed by atoms with E-state index in [-0.39, 0.29) is 24.5 Å². The first-order chi connectivity index (χ1) is 12.5. The van der Waals surface area contributed by atoms with Crippen LogP contribution in [0.3, 0.4) is 0 Å². The molecule has 1 aromatic carbocycles. The van der Waals surface area contributed by atoms with E-state index < -0.39 is 36.5 Å². The molecule has 2 aliphatic rings. The Morgan fingerprint density at radius 3 is 2.23 bits per heavy atom. The lowest BCUT2D eigenvalue weighted by Gasteiger charge is -2.22. The highest BCUT2D eigenvalue weighted by Crippen LogP contribution is 2.31. The third-order valence-electron chi connectivity index (χ3n) is 4.62. The standard InChI is InChI=1S/C18H23NO7/c1-3-19(4-2)18(22)26-14-10-24-15-13(9-23-16(14)15)25-17(21)11-7-5-6-8-12(11)20/h5-8,13-16,20H,3-4,9-10H2,1-2H3/t13-,14+,15-,16-/m1/s1. The van der Waals surface area contributed by atoms with Crippen LogP contribution >= 0.6 is 0 Å². The fourth-order valence-electron chi connectivity index (χ4n) is 3.16. The van der Waals surface area contributed by atoms with Gasteiger partial charge in [-0.05, 0) is 26.0 Å². The molecule has 0 unspecified atom stereocenters. The van der Waals surface area contributed by atoms with E-state index in [1.54, 1.807) is 17.0 Å². The highest BCUT2D eigenvalue weighted by molar-refractivity contribution is 5.92. The minimum absolute atomic E-state index is 0.0819. The number of hydrogen-bond donors (Lipinski definition) is 1. The van der Waals surface area contributed by atoms with Gasteiger partial charge in [0.2, 0.25) is 0 Å². The van der Waals surface area contributed by atoms with Crippen LogP contribution < -0.4 is 0 Å². The number of benzene rings is 1. The van der Waals surface area contributed by atoms with Crippen LogP contribution in [-0.4, -0.2) is 72.8 Å². The zero-order valence-corrected chi connectivity index (χ0v) is 14.8. The number of ether oxygens (including phenoxy) is 4. The number of phenols is 1. The Morgan fingerprint density at radius 1 is 1.08 bits per heavy atom. The largest absolute Gasteiger partial charge is 0.507 e. The molecule has 4 atom stereocenters. The van der Waals surface area contributed by atoms with Crippen molar-refractivity contribution in [2.45, 2.75) is 38.3 Å². The van der Waals surface area contributed by atoms with Crippen molar-refractivity contribution in [2.24, 2.45) is 0 Å². The van der Waals surface area contributed by atoms with Crippen molar-refractivity contribution in [1.82, 2.24) is 4.90 Å². The first-order valence-electron chi connectivity index (χ1n) is 8.72. The van der Waals surface area contributed by atoms with E-state index in [0.717, 1.165) is 0 Å². The van der Waals surface area contributed by atoms with E-state index >= 15 is 0 Å². The molecule has 2 heterocycles. The Hall–Kier alpha value is -2.32. The fourth-order valence-corrected chi connectivity index (χ4v) is 3.16. The lowest BCUT2D eigenvalue weighted by molar-refractivity contribution is -0.0267. The van der Waals surface area contributed by atoms with Crippen molar-refractivity contribution in [2.75, 3.05) is 26.3 Å². The summed E-state index contributed by atoms with van der Waals surface area (Å²) in [7, 11) is 0. The number of fused-ring (bicyclic) bond motifs is 1. The fraction of sp³-hybridized carbons (Fsp3) is 0.556. The van der Waals surface area contributed by atoms with Crippen LogP contribution in [0.25, 0.3) is 0 Å². The number of rotatable bonds is 5. The molecule has 0 aliphatic carbocycles. The summed E-state index contributed by atoms with van der Waals surface area (Å²) in [6.45, 7) is 5.19. The summed E-state index contributed by atoms with van der Waals surface area (Å²) in [6, 6.07) is 6.16. The van der Waals surface area contributed by atoms with Gasteiger partial charge in [-0.1, -0.05) is 12.1 Å². The molecule has 0 aromatic heterocycles. The molecule has 2 fully saturated rings. The van der Waals surface area contributed by atoms with Crippen LogP contribution in [0.2, 0.25) is 0 Å². The van der Waals surface area contributed by atoms with E-state index in [4.69, 9.17) is 18.9 Å². The van der Waals surface area contributed by atoms with Crippen molar-refractivity contribution in [3.63, 3.8) is 0 Å². The molecule has 1 aromatic rings. The topological polar surface area (TPSA) is 94.5 Å². The van der Waals surface area contributed by atoms with Crippen molar-refractivity contribution < 1.29 is 33.6 Å². The minimum atomic E-state index is -0.649. The third kappa shape index (κ3) is 3.61. The molecular weight excluding hydrogens is 342 g/mol. The average Bonchev–Trinajstić information content (AvgIpc) is 3.20. The molecule has 0 bridgehead atoms. The Kier molecular flexibility index (Phi) is 5.63. The van der Waals surface area contributed by atoms with E-state index in [9.17, 15) is 14.7 Å². The average molecular weight is 365 g/mol. The smallest absolute Gasteiger partial charge is 0.410 e. The second-order valence-corrected chi connectivity index (χ2v) is 6.15. The Labute approximate surface area is 151 Å². The van der Waals surface area contributed by atoms with E-state index in [1.165, 1.54) is 12.1 Å². The summed E-state index contributed by atoms with van der Waals surface area (Å²) in [4.78, 5) is 25.9. The van der Waals surface area contributed by atoms with Gasteiger partial charge in [0.1, 0.15) is 23.5 Å². The number of amides is 1. The first kappa shape index (κ1) is 18.5. The van der Waals surface area contributed by atoms with Gasteiger partial charge in [0.05, 0.1) is 13.2 Å². The number of para-hydroxylation sites is 1. The van der Waals surface area contributed by atoms with E-state index in [2.05, 4.69) is 0 Å². The van der Waals surface area contributed by atoms with Crippen molar-refractivity contribution in [3.8, 4) is 5.75 Å². The predicted molar refractivity (Wildman–Crippen MR) is 90.0 cm³/mol. The highest BCUT2D eigenvalue weighted by Gasteiger charge is 2.51. The van der Waals surface area contributed by atoms with Crippen molar-refractivity contribution >= 4 is 12.1 Å². The Bertz CT molecular complexity index is 661. The van der Waals surface area contributed by atoms with E-state index in [1.807, 2.05) is 13.8 Å². The van der Waals surface area contributed by atoms with Crippen molar-refractivity contribution in [3.05, 3.63) is 29.8 Å². The monoisotopic (exact) mass is 365 g/mol. The molecule has 2 saturated heterocycles. The summed E-state index contributed by atoms with van der Waals surface area (Å²) in [5.74, 6) is -0.795. The minimum Gasteiger partial charge on any atom is -0.507 e.